The number of methoxy groups -OCH3 is 1. The highest BCUT2D eigenvalue weighted by Gasteiger charge is 2.39. The van der Waals surface area contributed by atoms with Gasteiger partial charge < -0.3 is 20.1 Å². The smallest absolute Gasteiger partial charge is 0.326 e. The average Bonchev–Trinajstić information content (AvgIpc) is 2.82. The molecule has 6 heteroatoms. The predicted molar refractivity (Wildman–Crippen MR) is 69.6 cm³/mol. The molecule has 1 saturated heterocycles. The largest absolute Gasteiger partial charge is 0.480 e. The molecule has 6 nitrogen and oxygen atoms in total. The number of carboxylic acid groups (broad SMARTS) is 1. The zero-order valence-electron chi connectivity index (χ0n) is 11.1. The third kappa shape index (κ3) is 4.45. The van der Waals surface area contributed by atoms with Crippen LogP contribution in [0.5, 0.6) is 0 Å². The van der Waals surface area contributed by atoms with Crippen LogP contribution in [0.1, 0.15) is 25.7 Å². The first kappa shape index (κ1) is 15.3. The fourth-order valence-electron chi connectivity index (χ4n) is 2.08. The Morgan fingerprint density at radius 1 is 1.53 bits per heavy atom. The monoisotopic (exact) mass is 268 g/mol. The zero-order valence-corrected chi connectivity index (χ0v) is 11.1. The van der Waals surface area contributed by atoms with E-state index >= 15 is 0 Å². The Bertz CT molecular complexity index is 364. The number of hydrogen-bond donors (Lipinski definition) is 2. The second-order valence-electron chi connectivity index (χ2n) is 4.49. The molecule has 106 valence electrons. The van der Waals surface area contributed by atoms with Crippen molar-refractivity contribution in [2.75, 3.05) is 20.2 Å². The minimum Gasteiger partial charge on any atom is -0.480 e. The summed E-state index contributed by atoms with van der Waals surface area (Å²) in [6, 6.07) is -1.16. The van der Waals surface area contributed by atoms with Crippen molar-refractivity contribution < 1.29 is 19.4 Å². The molecule has 2 amide bonds. The molecular weight excluding hydrogens is 248 g/mol. The van der Waals surface area contributed by atoms with Crippen LogP contribution >= 0.6 is 0 Å². The highest BCUT2D eigenvalue weighted by atomic mass is 16.5. The summed E-state index contributed by atoms with van der Waals surface area (Å²) in [4.78, 5) is 24.3. The van der Waals surface area contributed by atoms with Crippen LogP contribution in [-0.4, -0.2) is 54.4 Å². The molecule has 0 bridgehead atoms. The molecule has 0 aromatic heterocycles. The van der Waals surface area contributed by atoms with Gasteiger partial charge in [-0.15, -0.1) is 12.3 Å². The van der Waals surface area contributed by atoms with Gasteiger partial charge in [-0.2, -0.15) is 0 Å². The van der Waals surface area contributed by atoms with Crippen molar-refractivity contribution in [1.82, 2.24) is 10.2 Å². The summed E-state index contributed by atoms with van der Waals surface area (Å²) in [6.07, 6.45) is 7.56. The summed E-state index contributed by atoms with van der Waals surface area (Å²) in [5.41, 5.74) is 0. The second kappa shape index (κ2) is 7.64. The maximum Gasteiger partial charge on any atom is 0.326 e. The molecule has 0 saturated carbocycles. The summed E-state index contributed by atoms with van der Waals surface area (Å²) in [5, 5.41) is 11.8. The van der Waals surface area contributed by atoms with Gasteiger partial charge in [0.2, 0.25) is 0 Å². The summed E-state index contributed by atoms with van der Waals surface area (Å²) in [7, 11) is 1.52. The number of amides is 2. The van der Waals surface area contributed by atoms with Crippen LogP contribution in [0.4, 0.5) is 4.79 Å². The van der Waals surface area contributed by atoms with Crippen molar-refractivity contribution >= 4 is 12.0 Å². The zero-order chi connectivity index (χ0) is 14.3. The van der Waals surface area contributed by atoms with E-state index in [1.54, 1.807) is 0 Å². The van der Waals surface area contributed by atoms with E-state index in [-0.39, 0.29) is 12.1 Å². The van der Waals surface area contributed by atoms with Crippen molar-refractivity contribution in [2.24, 2.45) is 0 Å². The lowest BCUT2D eigenvalue weighted by atomic mass is 10.2. The molecule has 19 heavy (non-hydrogen) atoms. The number of nitrogens with zero attached hydrogens (tertiary/aromatic N) is 1. The number of nitrogens with one attached hydrogen (secondary N) is 1. The molecule has 2 atom stereocenters. The molecule has 1 fully saturated rings. The van der Waals surface area contributed by atoms with Gasteiger partial charge in [-0.25, -0.2) is 9.59 Å². The van der Waals surface area contributed by atoms with Crippen LogP contribution in [0.3, 0.4) is 0 Å². The SMILES string of the molecule is C#CCCCCNC(=O)N1CC(OC)CC1C(=O)O. The van der Waals surface area contributed by atoms with Crippen LogP contribution in [0, 0.1) is 12.3 Å². The Kier molecular flexibility index (Phi) is 6.16. The van der Waals surface area contributed by atoms with Gasteiger partial charge in [0.05, 0.1) is 6.10 Å². The Morgan fingerprint density at radius 2 is 2.26 bits per heavy atom. The van der Waals surface area contributed by atoms with E-state index in [2.05, 4.69) is 11.2 Å². The van der Waals surface area contributed by atoms with E-state index in [1.807, 2.05) is 0 Å². The van der Waals surface area contributed by atoms with Gasteiger partial charge in [-0.05, 0) is 12.8 Å². The van der Waals surface area contributed by atoms with E-state index in [1.165, 1.54) is 12.0 Å². The molecule has 0 spiro atoms. The molecule has 1 heterocycles. The number of carbonyl (C=O) groups is 2. The number of rotatable bonds is 6. The highest BCUT2D eigenvalue weighted by molar-refractivity contribution is 5.83. The van der Waals surface area contributed by atoms with E-state index in [0.717, 1.165) is 12.8 Å². The van der Waals surface area contributed by atoms with Gasteiger partial charge in [0.15, 0.2) is 0 Å². The lowest BCUT2D eigenvalue weighted by Crippen LogP contribution is -2.46. The van der Waals surface area contributed by atoms with Gasteiger partial charge in [0.1, 0.15) is 6.04 Å². The fraction of sp³-hybridized carbons (Fsp3) is 0.692. The van der Waals surface area contributed by atoms with Crippen LogP contribution in [-0.2, 0) is 9.53 Å². The summed E-state index contributed by atoms with van der Waals surface area (Å²) < 4.78 is 5.12. The van der Waals surface area contributed by atoms with Gasteiger partial charge in [-0.3, -0.25) is 0 Å². The maximum absolute atomic E-state index is 11.9. The van der Waals surface area contributed by atoms with Crippen molar-refractivity contribution in [1.29, 1.82) is 0 Å². The molecule has 0 radical (unpaired) electrons. The van der Waals surface area contributed by atoms with Crippen molar-refractivity contribution in [2.45, 2.75) is 37.8 Å². The number of unbranched alkanes of at least 4 members (excludes halogenated alkanes) is 2. The number of likely N-dealkylation sites (tertiary alicyclic amines) is 1. The number of urea groups is 1. The lowest BCUT2D eigenvalue weighted by molar-refractivity contribution is -0.141. The van der Waals surface area contributed by atoms with Gasteiger partial charge >= 0.3 is 12.0 Å². The number of carbonyl (C=O) groups excluding carboxylic acids is 1. The van der Waals surface area contributed by atoms with Gasteiger partial charge in [0, 0.05) is 33.0 Å². The van der Waals surface area contributed by atoms with E-state index < -0.39 is 12.0 Å². The standard InChI is InChI=1S/C13H20N2O4/c1-3-4-5-6-7-14-13(18)15-9-10(19-2)8-11(15)12(16)17/h1,10-11H,4-9H2,2H3,(H,14,18)(H,16,17). The van der Waals surface area contributed by atoms with E-state index in [0.29, 0.717) is 25.9 Å². The van der Waals surface area contributed by atoms with Crippen LogP contribution in [0.15, 0.2) is 0 Å². The van der Waals surface area contributed by atoms with Gasteiger partial charge in [0.25, 0.3) is 0 Å². The maximum atomic E-state index is 11.9. The molecule has 2 unspecified atom stereocenters. The second-order valence-corrected chi connectivity index (χ2v) is 4.49. The molecule has 2 N–H and O–H groups in total. The third-order valence-electron chi connectivity index (χ3n) is 3.17. The average molecular weight is 268 g/mol. The first-order valence-corrected chi connectivity index (χ1v) is 6.33. The third-order valence-corrected chi connectivity index (χ3v) is 3.17. The lowest BCUT2D eigenvalue weighted by Gasteiger charge is -2.21. The summed E-state index contributed by atoms with van der Waals surface area (Å²) in [6.45, 7) is 0.810. The Morgan fingerprint density at radius 3 is 2.84 bits per heavy atom. The minimum absolute atomic E-state index is 0.215. The number of carboxylic acids is 1. The molecule has 1 aliphatic heterocycles. The first-order chi connectivity index (χ1) is 9.10. The van der Waals surface area contributed by atoms with Gasteiger partial charge in [-0.1, -0.05) is 0 Å². The fourth-order valence-corrected chi connectivity index (χ4v) is 2.08. The van der Waals surface area contributed by atoms with E-state index in [4.69, 9.17) is 16.3 Å². The van der Waals surface area contributed by atoms with Crippen molar-refractivity contribution in [3.05, 3.63) is 0 Å². The highest BCUT2D eigenvalue weighted by Crippen LogP contribution is 2.20. The topological polar surface area (TPSA) is 78.9 Å². The molecular formula is C13H20N2O4. The normalized spacial score (nSPS) is 22.0. The summed E-state index contributed by atoms with van der Waals surface area (Å²) >= 11 is 0. The minimum atomic E-state index is -0.998. The van der Waals surface area contributed by atoms with Crippen LogP contribution in [0.2, 0.25) is 0 Å². The van der Waals surface area contributed by atoms with Crippen LogP contribution in [0.25, 0.3) is 0 Å². The number of aliphatic carboxylic acids is 1. The van der Waals surface area contributed by atoms with Crippen molar-refractivity contribution in [3.63, 3.8) is 0 Å². The molecule has 0 aliphatic carbocycles. The van der Waals surface area contributed by atoms with Crippen molar-refractivity contribution in [3.8, 4) is 12.3 Å². The quantitative estimate of drug-likeness (QED) is 0.548. The number of ether oxygens (including phenoxy) is 1. The molecule has 1 rings (SSSR count). The number of hydrogen-bond acceptors (Lipinski definition) is 3. The Balaban J connectivity index is 2.41. The molecule has 0 aromatic carbocycles. The molecule has 0 aromatic rings. The Labute approximate surface area is 113 Å². The first-order valence-electron chi connectivity index (χ1n) is 6.33. The number of terminal acetylenes is 1. The van der Waals surface area contributed by atoms with Crippen LogP contribution < -0.4 is 5.32 Å². The Hall–Kier alpha value is -1.74. The molecule has 1 aliphatic rings. The summed E-state index contributed by atoms with van der Waals surface area (Å²) in [5.74, 6) is 1.53. The predicted octanol–water partition coefficient (Wildman–Crippen LogP) is 0.673. The van der Waals surface area contributed by atoms with E-state index in [9.17, 15) is 9.59 Å².